The molecule has 0 saturated carbocycles. The van der Waals surface area contributed by atoms with E-state index in [9.17, 15) is 19.5 Å². The Kier molecular flexibility index (Phi) is 5.99. The van der Waals surface area contributed by atoms with Gasteiger partial charge in [0.1, 0.15) is 5.58 Å². The number of carboxylic acids is 1. The molecule has 1 N–H and O–H groups in total. The van der Waals surface area contributed by atoms with Gasteiger partial charge in [-0.15, -0.1) is 0 Å². The Balaban J connectivity index is 1.58. The first kappa shape index (κ1) is 21.6. The van der Waals surface area contributed by atoms with Crippen LogP contribution in [-0.4, -0.2) is 47.0 Å². The molecule has 0 spiro atoms. The molecule has 1 atom stereocenters. The zero-order valence-corrected chi connectivity index (χ0v) is 18.2. The predicted octanol–water partition coefficient (Wildman–Crippen LogP) is 4.12. The fourth-order valence-electron chi connectivity index (χ4n) is 4.34. The molecule has 0 radical (unpaired) electrons. The Morgan fingerprint density at radius 3 is 2.69 bits per heavy atom. The van der Waals surface area contributed by atoms with Crippen LogP contribution in [0, 0.1) is 12.8 Å². The van der Waals surface area contributed by atoms with Crippen LogP contribution in [0.3, 0.4) is 0 Å². The molecule has 2 aromatic carbocycles. The molecule has 2 heterocycles. The third-order valence-electron chi connectivity index (χ3n) is 6.03. The standard InChI is InChI=1S/C25H26N2O5/c1-16-6-3-4-8-19(16)21-13-23(28)32-22-12-17(9-10-20(21)22)14-26(2)25(31)27-11-5-7-18(15-27)24(29)30/h3-4,6,8-10,12-13,18H,5,7,11,14-15H2,1-2H3,(H,29,30). The van der Waals surface area contributed by atoms with Gasteiger partial charge in [-0.05, 0) is 42.5 Å². The minimum atomic E-state index is -0.862. The van der Waals surface area contributed by atoms with E-state index in [1.807, 2.05) is 43.3 Å². The third-order valence-corrected chi connectivity index (χ3v) is 6.03. The fourth-order valence-corrected chi connectivity index (χ4v) is 4.34. The number of aliphatic carboxylic acids is 1. The molecule has 0 aliphatic carbocycles. The highest BCUT2D eigenvalue weighted by Crippen LogP contribution is 2.30. The van der Waals surface area contributed by atoms with Crippen molar-refractivity contribution < 1.29 is 19.1 Å². The van der Waals surface area contributed by atoms with Gasteiger partial charge in [-0.3, -0.25) is 4.79 Å². The van der Waals surface area contributed by atoms with E-state index in [1.165, 1.54) is 6.07 Å². The molecule has 7 heteroatoms. The van der Waals surface area contributed by atoms with E-state index in [0.29, 0.717) is 31.5 Å². The number of rotatable bonds is 4. The Labute approximate surface area is 185 Å². The molecule has 1 fully saturated rings. The summed E-state index contributed by atoms with van der Waals surface area (Å²) >= 11 is 0. The van der Waals surface area contributed by atoms with Crippen LogP contribution < -0.4 is 5.63 Å². The molecule has 1 aliphatic rings. The monoisotopic (exact) mass is 434 g/mol. The zero-order chi connectivity index (χ0) is 22.8. The van der Waals surface area contributed by atoms with Crippen LogP contribution in [-0.2, 0) is 11.3 Å². The van der Waals surface area contributed by atoms with E-state index in [0.717, 1.165) is 27.6 Å². The normalized spacial score (nSPS) is 16.2. The van der Waals surface area contributed by atoms with E-state index >= 15 is 0 Å². The number of carboxylic acid groups (broad SMARTS) is 1. The SMILES string of the molecule is Cc1ccccc1-c1cc(=O)oc2cc(CN(C)C(=O)N3CCCC(C(=O)O)C3)ccc12. The van der Waals surface area contributed by atoms with E-state index < -0.39 is 17.5 Å². The number of carbonyl (C=O) groups excluding carboxylic acids is 1. The lowest BCUT2D eigenvalue weighted by Gasteiger charge is -2.33. The van der Waals surface area contributed by atoms with Crippen LogP contribution in [0.15, 0.2) is 57.7 Å². The lowest BCUT2D eigenvalue weighted by atomic mass is 9.97. The summed E-state index contributed by atoms with van der Waals surface area (Å²) < 4.78 is 5.47. The largest absolute Gasteiger partial charge is 0.481 e. The molecule has 0 bridgehead atoms. The van der Waals surface area contributed by atoms with Crippen molar-refractivity contribution in [3.63, 3.8) is 0 Å². The second-order valence-electron chi connectivity index (χ2n) is 8.39. The first-order valence-corrected chi connectivity index (χ1v) is 10.7. The molecular formula is C25H26N2O5. The van der Waals surface area contributed by atoms with Crippen LogP contribution in [0.25, 0.3) is 22.1 Å². The number of amides is 2. The Morgan fingerprint density at radius 2 is 1.94 bits per heavy atom. The topological polar surface area (TPSA) is 91.1 Å². The molecule has 7 nitrogen and oxygen atoms in total. The number of hydrogen-bond donors (Lipinski definition) is 1. The van der Waals surface area contributed by atoms with Crippen LogP contribution in [0.4, 0.5) is 4.79 Å². The number of hydrogen-bond acceptors (Lipinski definition) is 4. The molecule has 1 aliphatic heterocycles. The van der Waals surface area contributed by atoms with Crippen LogP contribution in [0.2, 0.25) is 0 Å². The summed E-state index contributed by atoms with van der Waals surface area (Å²) in [7, 11) is 1.69. The van der Waals surface area contributed by atoms with Gasteiger partial charge in [-0.1, -0.05) is 36.4 Å². The highest BCUT2D eigenvalue weighted by Gasteiger charge is 2.29. The van der Waals surface area contributed by atoms with Crippen molar-refractivity contribution in [1.29, 1.82) is 0 Å². The highest BCUT2D eigenvalue weighted by atomic mass is 16.4. The number of carbonyl (C=O) groups is 2. The van der Waals surface area contributed by atoms with Crippen LogP contribution in [0.1, 0.15) is 24.0 Å². The van der Waals surface area contributed by atoms with E-state index in [4.69, 9.17) is 4.42 Å². The Hall–Kier alpha value is -3.61. The number of urea groups is 1. The van der Waals surface area contributed by atoms with Gasteiger partial charge in [0.25, 0.3) is 0 Å². The number of aryl methyl sites for hydroxylation is 1. The van der Waals surface area contributed by atoms with Crippen molar-refractivity contribution in [3.8, 4) is 11.1 Å². The van der Waals surface area contributed by atoms with Crippen LogP contribution in [0.5, 0.6) is 0 Å². The smallest absolute Gasteiger partial charge is 0.336 e. The molecular weight excluding hydrogens is 408 g/mol. The maximum absolute atomic E-state index is 12.9. The van der Waals surface area contributed by atoms with E-state index in [2.05, 4.69) is 0 Å². The molecule has 4 rings (SSSR count). The average Bonchev–Trinajstić information content (AvgIpc) is 2.78. The Morgan fingerprint density at radius 1 is 1.16 bits per heavy atom. The van der Waals surface area contributed by atoms with Gasteiger partial charge < -0.3 is 19.3 Å². The maximum Gasteiger partial charge on any atom is 0.336 e. The lowest BCUT2D eigenvalue weighted by molar-refractivity contribution is -0.143. The summed E-state index contributed by atoms with van der Waals surface area (Å²) in [5.41, 5.74) is 3.73. The van der Waals surface area contributed by atoms with Gasteiger partial charge in [0.15, 0.2) is 0 Å². The van der Waals surface area contributed by atoms with Crippen molar-refractivity contribution >= 4 is 23.0 Å². The summed E-state index contributed by atoms with van der Waals surface area (Å²) in [6.45, 7) is 3.10. The van der Waals surface area contributed by atoms with Gasteiger partial charge in [0, 0.05) is 43.7 Å². The van der Waals surface area contributed by atoms with Gasteiger partial charge in [0.05, 0.1) is 5.92 Å². The van der Waals surface area contributed by atoms with Gasteiger partial charge in [-0.25, -0.2) is 9.59 Å². The van der Waals surface area contributed by atoms with Crippen LogP contribution >= 0.6 is 0 Å². The molecule has 32 heavy (non-hydrogen) atoms. The summed E-state index contributed by atoms with van der Waals surface area (Å²) in [6.07, 6.45) is 1.27. The lowest BCUT2D eigenvalue weighted by Crippen LogP contribution is -2.47. The number of fused-ring (bicyclic) bond motifs is 1. The average molecular weight is 434 g/mol. The minimum Gasteiger partial charge on any atom is -0.481 e. The number of nitrogens with zero attached hydrogens (tertiary/aromatic N) is 2. The van der Waals surface area contributed by atoms with Gasteiger partial charge in [-0.2, -0.15) is 0 Å². The molecule has 1 aromatic heterocycles. The van der Waals surface area contributed by atoms with Crippen molar-refractivity contribution in [2.75, 3.05) is 20.1 Å². The first-order valence-electron chi connectivity index (χ1n) is 10.7. The first-order chi connectivity index (χ1) is 15.3. The van der Waals surface area contributed by atoms with E-state index in [1.54, 1.807) is 22.9 Å². The summed E-state index contributed by atoms with van der Waals surface area (Å²) in [6, 6.07) is 14.8. The quantitative estimate of drug-likeness (QED) is 0.624. The Bertz CT molecular complexity index is 1230. The molecule has 3 aromatic rings. The molecule has 1 saturated heterocycles. The van der Waals surface area contributed by atoms with Crippen molar-refractivity contribution in [3.05, 3.63) is 70.1 Å². The maximum atomic E-state index is 12.9. The highest BCUT2D eigenvalue weighted by molar-refractivity contribution is 5.94. The summed E-state index contributed by atoms with van der Waals surface area (Å²) in [5, 5.41) is 10.1. The second kappa shape index (κ2) is 8.86. The van der Waals surface area contributed by atoms with Crippen molar-refractivity contribution in [2.45, 2.75) is 26.3 Å². The third kappa shape index (κ3) is 4.37. The van der Waals surface area contributed by atoms with Crippen molar-refractivity contribution in [2.24, 2.45) is 5.92 Å². The van der Waals surface area contributed by atoms with E-state index in [-0.39, 0.29) is 12.6 Å². The number of piperidine rings is 1. The molecule has 166 valence electrons. The van der Waals surface area contributed by atoms with Crippen molar-refractivity contribution in [1.82, 2.24) is 9.80 Å². The number of likely N-dealkylation sites (tertiary alicyclic amines) is 1. The molecule has 1 unspecified atom stereocenters. The number of benzene rings is 2. The summed E-state index contributed by atoms with van der Waals surface area (Å²) in [5.74, 6) is -1.38. The molecule has 2 amide bonds. The van der Waals surface area contributed by atoms with Gasteiger partial charge >= 0.3 is 17.6 Å². The zero-order valence-electron chi connectivity index (χ0n) is 18.2. The van der Waals surface area contributed by atoms with Gasteiger partial charge in [0.2, 0.25) is 0 Å². The summed E-state index contributed by atoms with van der Waals surface area (Å²) in [4.78, 5) is 39.5. The second-order valence-corrected chi connectivity index (χ2v) is 8.39. The fraction of sp³-hybridized carbons (Fsp3) is 0.320. The predicted molar refractivity (Wildman–Crippen MR) is 121 cm³/mol. The minimum absolute atomic E-state index is 0.203.